The Morgan fingerprint density at radius 3 is 2.78 bits per heavy atom. The molecule has 1 aliphatic rings. The van der Waals surface area contributed by atoms with E-state index in [0.717, 1.165) is 0 Å². The van der Waals surface area contributed by atoms with Crippen LogP contribution in [0, 0.1) is 5.41 Å². The molecule has 1 aromatic carbocycles. The molecule has 1 nitrogen and oxygen atoms in total. The van der Waals surface area contributed by atoms with Crippen LogP contribution in [0.1, 0.15) is 38.8 Å². The Morgan fingerprint density at radius 1 is 1.39 bits per heavy atom. The first-order chi connectivity index (χ1) is 8.50. The minimum atomic E-state index is 0.392. The Bertz CT molecular complexity index is 405. The van der Waals surface area contributed by atoms with Gasteiger partial charge in [-0.1, -0.05) is 48.0 Å². The van der Waals surface area contributed by atoms with Crippen LogP contribution < -0.4 is 5.32 Å². The highest BCUT2D eigenvalue weighted by Gasteiger charge is 2.33. The molecule has 1 heterocycles. The van der Waals surface area contributed by atoms with Gasteiger partial charge in [0.1, 0.15) is 0 Å². The van der Waals surface area contributed by atoms with Gasteiger partial charge in [0, 0.05) is 22.3 Å². The fourth-order valence-electron chi connectivity index (χ4n) is 2.43. The van der Waals surface area contributed by atoms with Crippen molar-refractivity contribution in [3.8, 4) is 0 Å². The fraction of sp³-hybridized carbons (Fsp3) is 0.600. The second kappa shape index (κ2) is 5.98. The van der Waals surface area contributed by atoms with Crippen LogP contribution in [-0.4, -0.2) is 17.5 Å². The summed E-state index contributed by atoms with van der Waals surface area (Å²) < 4.78 is 1.20. The zero-order valence-electron chi connectivity index (χ0n) is 11.4. The van der Waals surface area contributed by atoms with Gasteiger partial charge in [-0.3, -0.25) is 0 Å². The van der Waals surface area contributed by atoms with E-state index in [1.165, 1.54) is 28.0 Å². The number of hydrogen-bond donors (Lipinski definition) is 1. The van der Waals surface area contributed by atoms with Crippen molar-refractivity contribution in [2.75, 3.05) is 11.5 Å². The number of hydrogen-bond acceptors (Lipinski definition) is 2. The Labute approximate surface area is 123 Å². The van der Waals surface area contributed by atoms with E-state index >= 15 is 0 Å². The van der Waals surface area contributed by atoms with E-state index in [-0.39, 0.29) is 0 Å². The van der Waals surface area contributed by atoms with Crippen molar-refractivity contribution in [1.82, 2.24) is 5.32 Å². The highest BCUT2D eigenvalue weighted by atomic mass is 79.9. The Balaban J connectivity index is 2.07. The lowest BCUT2D eigenvalue weighted by Gasteiger charge is -2.40. The van der Waals surface area contributed by atoms with Gasteiger partial charge >= 0.3 is 0 Å². The van der Waals surface area contributed by atoms with E-state index in [9.17, 15) is 0 Å². The van der Waals surface area contributed by atoms with Crippen LogP contribution >= 0.6 is 27.7 Å². The topological polar surface area (TPSA) is 12.0 Å². The second-order valence-corrected chi connectivity index (χ2v) is 7.78. The number of halogens is 1. The Hall–Kier alpha value is 0.01000. The SMILES string of the molecule is C[C@H](NC1CSCCC1(C)C)c1ccccc1Br. The lowest BCUT2D eigenvalue weighted by atomic mass is 9.81. The molecule has 18 heavy (non-hydrogen) atoms. The summed E-state index contributed by atoms with van der Waals surface area (Å²) in [5.41, 5.74) is 1.75. The molecule has 0 spiro atoms. The molecule has 1 unspecified atom stereocenters. The third-order valence-electron chi connectivity index (χ3n) is 3.94. The molecule has 1 fully saturated rings. The van der Waals surface area contributed by atoms with Gasteiger partial charge in [-0.25, -0.2) is 0 Å². The summed E-state index contributed by atoms with van der Waals surface area (Å²) in [6, 6.07) is 9.49. The molecule has 0 aromatic heterocycles. The molecule has 1 N–H and O–H groups in total. The van der Waals surface area contributed by atoms with Crippen LogP contribution in [0.2, 0.25) is 0 Å². The minimum absolute atomic E-state index is 0.392. The monoisotopic (exact) mass is 327 g/mol. The van der Waals surface area contributed by atoms with E-state index in [4.69, 9.17) is 0 Å². The molecule has 0 aliphatic carbocycles. The quantitative estimate of drug-likeness (QED) is 0.868. The Morgan fingerprint density at radius 2 is 2.11 bits per heavy atom. The maximum Gasteiger partial charge on any atom is 0.0306 e. The largest absolute Gasteiger partial charge is 0.306 e. The Kier molecular flexibility index (Phi) is 4.79. The van der Waals surface area contributed by atoms with Gasteiger partial charge in [0.05, 0.1) is 0 Å². The second-order valence-electron chi connectivity index (χ2n) is 5.78. The highest BCUT2D eigenvalue weighted by Crippen LogP contribution is 2.36. The van der Waals surface area contributed by atoms with Crippen molar-refractivity contribution in [3.05, 3.63) is 34.3 Å². The van der Waals surface area contributed by atoms with Crippen LogP contribution in [0.4, 0.5) is 0 Å². The molecular formula is C15H22BrNS. The lowest BCUT2D eigenvalue weighted by molar-refractivity contribution is 0.232. The van der Waals surface area contributed by atoms with Crippen molar-refractivity contribution >= 4 is 27.7 Å². The van der Waals surface area contributed by atoms with Gasteiger partial charge in [0.15, 0.2) is 0 Å². The van der Waals surface area contributed by atoms with Gasteiger partial charge in [-0.15, -0.1) is 0 Å². The maximum absolute atomic E-state index is 3.82. The van der Waals surface area contributed by atoms with Crippen molar-refractivity contribution in [2.45, 2.75) is 39.3 Å². The van der Waals surface area contributed by atoms with E-state index in [2.05, 4.69) is 78.0 Å². The highest BCUT2D eigenvalue weighted by molar-refractivity contribution is 9.10. The molecule has 0 radical (unpaired) electrons. The minimum Gasteiger partial charge on any atom is -0.306 e. The predicted octanol–water partition coefficient (Wildman–Crippen LogP) is 4.63. The standard InChI is InChI=1S/C15H22BrNS/c1-11(12-6-4-5-7-13(12)16)17-14-10-18-9-8-15(14,2)3/h4-7,11,14,17H,8-10H2,1-3H3/t11-,14?/m0/s1. The van der Waals surface area contributed by atoms with E-state index < -0.39 is 0 Å². The molecule has 1 aromatic rings. The summed E-state index contributed by atoms with van der Waals surface area (Å²) in [4.78, 5) is 0. The van der Waals surface area contributed by atoms with Crippen LogP contribution in [0.5, 0.6) is 0 Å². The van der Waals surface area contributed by atoms with Gasteiger partial charge in [-0.2, -0.15) is 11.8 Å². The number of benzene rings is 1. The predicted molar refractivity (Wildman–Crippen MR) is 85.2 cm³/mol. The van der Waals surface area contributed by atoms with Crippen molar-refractivity contribution in [3.63, 3.8) is 0 Å². The average molecular weight is 328 g/mol. The first-order valence-corrected chi connectivity index (χ1v) is 8.54. The maximum atomic E-state index is 3.82. The van der Waals surface area contributed by atoms with Crippen molar-refractivity contribution in [2.24, 2.45) is 5.41 Å². The zero-order valence-corrected chi connectivity index (χ0v) is 13.8. The first-order valence-electron chi connectivity index (χ1n) is 6.59. The normalized spacial score (nSPS) is 24.8. The van der Waals surface area contributed by atoms with E-state index in [1.54, 1.807) is 0 Å². The van der Waals surface area contributed by atoms with Crippen LogP contribution in [0.3, 0.4) is 0 Å². The molecular weight excluding hydrogens is 306 g/mol. The molecule has 0 amide bonds. The summed E-state index contributed by atoms with van der Waals surface area (Å²) in [5.74, 6) is 2.52. The molecule has 1 saturated heterocycles. The number of nitrogens with one attached hydrogen (secondary N) is 1. The molecule has 1 aliphatic heterocycles. The summed E-state index contributed by atoms with van der Waals surface area (Å²) in [6.45, 7) is 7.03. The van der Waals surface area contributed by atoms with Crippen LogP contribution in [0.25, 0.3) is 0 Å². The lowest BCUT2D eigenvalue weighted by Crippen LogP contribution is -2.47. The molecule has 2 atom stereocenters. The van der Waals surface area contributed by atoms with Crippen LogP contribution in [-0.2, 0) is 0 Å². The van der Waals surface area contributed by atoms with E-state index in [0.29, 0.717) is 17.5 Å². The van der Waals surface area contributed by atoms with Gasteiger partial charge in [-0.05, 0) is 36.1 Å². The van der Waals surface area contributed by atoms with Crippen molar-refractivity contribution < 1.29 is 0 Å². The van der Waals surface area contributed by atoms with E-state index in [1.807, 2.05) is 0 Å². The van der Waals surface area contributed by atoms with Gasteiger partial charge in [0.2, 0.25) is 0 Å². The molecule has 3 heteroatoms. The van der Waals surface area contributed by atoms with Gasteiger partial charge in [0.25, 0.3) is 0 Å². The zero-order chi connectivity index (χ0) is 13.2. The average Bonchev–Trinajstić information content (AvgIpc) is 2.32. The summed E-state index contributed by atoms with van der Waals surface area (Å²) in [5, 5.41) is 3.82. The number of thioether (sulfide) groups is 1. The summed E-state index contributed by atoms with van der Waals surface area (Å²) >= 11 is 5.72. The summed E-state index contributed by atoms with van der Waals surface area (Å²) in [6.07, 6.45) is 1.30. The molecule has 0 bridgehead atoms. The number of rotatable bonds is 3. The first kappa shape index (κ1) is 14.4. The smallest absolute Gasteiger partial charge is 0.0306 e. The van der Waals surface area contributed by atoms with Gasteiger partial charge < -0.3 is 5.32 Å². The summed E-state index contributed by atoms with van der Waals surface area (Å²) in [7, 11) is 0. The molecule has 100 valence electrons. The fourth-order valence-corrected chi connectivity index (χ4v) is 4.68. The third-order valence-corrected chi connectivity index (χ3v) is 5.73. The molecule has 2 rings (SSSR count). The molecule has 0 saturated carbocycles. The third kappa shape index (κ3) is 3.31. The van der Waals surface area contributed by atoms with Crippen LogP contribution in [0.15, 0.2) is 28.7 Å². The van der Waals surface area contributed by atoms with Crippen molar-refractivity contribution in [1.29, 1.82) is 0 Å².